The molecule has 1 saturated heterocycles. The standard InChI is InChI=1S/C26H20.C4H8O/c1-5-13-21(14-6-1)25(22-15-7-2-8-16-22)26(23-17-9-3-10-18-23)24-19-11-4-12-20-24;1-2-4-5-3-1/h1-20H;1-4H2. The van der Waals surface area contributed by atoms with Crippen LogP contribution in [0, 0.1) is 0 Å². The summed E-state index contributed by atoms with van der Waals surface area (Å²) in [4.78, 5) is 0. The molecule has 0 amide bonds. The summed E-state index contributed by atoms with van der Waals surface area (Å²) in [6.07, 6.45) is 2.56. The first-order valence-electron chi connectivity index (χ1n) is 11.0. The van der Waals surface area contributed by atoms with Crippen LogP contribution in [0.5, 0.6) is 0 Å². The predicted molar refractivity (Wildman–Crippen MR) is 131 cm³/mol. The van der Waals surface area contributed by atoms with Gasteiger partial charge in [-0.3, -0.25) is 0 Å². The zero-order chi connectivity index (χ0) is 21.1. The number of hydrogen-bond acceptors (Lipinski definition) is 1. The number of benzene rings is 4. The van der Waals surface area contributed by atoms with Crippen LogP contribution in [0.1, 0.15) is 35.1 Å². The van der Waals surface area contributed by atoms with Crippen molar-refractivity contribution in [1.82, 2.24) is 0 Å². The second-order valence-corrected chi connectivity index (χ2v) is 7.53. The van der Waals surface area contributed by atoms with Crippen molar-refractivity contribution in [2.45, 2.75) is 12.8 Å². The van der Waals surface area contributed by atoms with Crippen LogP contribution >= 0.6 is 0 Å². The van der Waals surface area contributed by atoms with E-state index in [9.17, 15) is 0 Å². The largest absolute Gasteiger partial charge is 0.381 e. The molecule has 1 aliphatic rings. The van der Waals surface area contributed by atoms with Gasteiger partial charge in [-0.1, -0.05) is 121 Å². The van der Waals surface area contributed by atoms with Crippen molar-refractivity contribution in [1.29, 1.82) is 0 Å². The van der Waals surface area contributed by atoms with E-state index in [-0.39, 0.29) is 0 Å². The maximum Gasteiger partial charge on any atom is 0.0466 e. The Kier molecular flexibility index (Phi) is 7.46. The fourth-order valence-electron chi connectivity index (χ4n) is 3.84. The highest BCUT2D eigenvalue weighted by molar-refractivity contribution is 6.04. The molecule has 1 heteroatoms. The lowest BCUT2D eigenvalue weighted by Crippen LogP contribution is -1.97. The molecule has 0 bridgehead atoms. The van der Waals surface area contributed by atoms with Crippen LogP contribution in [-0.2, 0) is 4.74 Å². The molecule has 31 heavy (non-hydrogen) atoms. The summed E-state index contributed by atoms with van der Waals surface area (Å²) in [6, 6.07) is 42.6. The van der Waals surface area contributed by atoms with Gasteiger partial charge in [0, 0.05) is 13.2 Å². The molecule has 5 rings (SSSR count). The summed E-state index contributed by atoms with van der Waals surface area (Å²) >= 11 is 0. The van der Waals surface area contributed by atoms with E-state index in [1.807, 2.05) is 0 Å². The van der Waals surface area contributed by atoms with Gasteiger partial charge in [-0.05, 0) is 46.2 Å². The first kappa shape index (κ1) is 20.8. The summed E-state index contributed by atoms with van der Waals surface area (Å²) < 4.78 is 4.94. The fourth-order valence-corrected chi connectivity index (χ4v) is 3.84. The van der Waals surface area contributed by atoms with Crippen LogP contribution in [0.4, 0.5) is 0 Å². The van der Waals surface area contributed by atoms with Crippen LogP contribution in [0.15, 0.2) is 121 Å². The third-order valence-electron chi connectivity index (χ3n) is 5.33. The molecule has 0 atom stereocenters. The Labute approximate surface area is 185 Å². The fraction of sp³-hybridized carbons (Fsp3) is 0.133. The first-order valence-corrected chi connectivity index (χ1v) is 11.0. The average molecular weight is 405 g/mol. The quantitative estimate of drug-likeness (QED) is 0.320. The van der Waals surface area contributed by atoms with Gasteiger partial charge in [0.05, 0.1) is 0 Å². The minimum atomic E-state index is 1.00. The van der Waals surface area contributed by atoms with Gasteiger partial charge in [0.15, 0.2) is 0 Å². The molecular weight excluding hydrogens is 376 g/mol. The molecule has 4 aromatic rings. The van der Waals surface area contributed by atoms with Crippen molar-refractivity contribution in [3.05, 3.63) is 144 Å². The molecule has 0 N–H and O–H groups in total. The van der Waals surface area contributed by atoms with Crippen molar-refractivity contribution >= 4 is 11.1 Å². The second-order valence-electron chi connectivity index (χ2n) is 7.53. The van der Waals surface area contributed by atoms with E-state index in [1.165, 1.54) is 46.2 Å². The van der Waals surface area contributed by atoms with Crippen molar-refractivity contribution in [3.8, 4) is 0 Å². The molecule has 4 aromatic carbocycles. The Morgan fingerprint density at radius 3 is 0.839 bits per heavy atom. The molecule has 0 spiro atoms. The summed E-state index contributed by atoms with van der Waals surface area (Å²) in [7, 11) is 0. The van der Waals surface area contributed by atoms with E-state index in [0.717, 1.165) is 13.2 Å². The Morgan fingerprint density at radius 2 is 0.645 bits per heavy atom. The maximum absolute atomic E-state index is 4.94. The summed E-state index contributed by atoms with van der Waals surface area (Å²) in [6.45, 7) is 2.00. The monoisotopic (exact) mass is 404 g/mol. The minimum absolute atomic E-state index is 1.00. The van der Waals surface area contributed by atoms with E-state index in [4.69, 9.17) is 4.74 Å². The predicted octanol–water partition coefficient (Wildman–Crippen LogP) is 7.49. The zero-order valence-corrected chi connectivity index (χ0v) is 17.8. The summed E-state index contributed by atoms with van der Waals surface area (Å²) in [5.74, 6) is 0. The first-order chi connectivity index (χ1) is 15.4. The van der Waals surface area contributed by atoms with E-state index in [1.54, 1.807) is 0 Å². The van der Waals surface area contributed by atoms with Crippen LogP contribution < -0.4 is 0 Å². The van der Waals surface area contributed by atoms with Gasteiger partial charge < -0.3 is 4.74 Å². The van der Waals surface area contributed by atoms with Crippen LogP contribution in [0.2, 0.25) is 0 Å². The van der Waals surface area contributed by atoms with Gasteiger partial charge in [-0.25, -0.2) is 0 Å². The third-order valence-corrected chi connectivity index (χ3v) is 5.33. The highest BCUT2D eigenvalue weighted by Crippen LogP contribution is 2.36. The Bertz CT molecular complexity index is 889. The Balaban J connectivity index is 0.000000407. The molecule has 1 nitrogen and oxygen atoms in total. The highest BCUT2D eigenvalue weighted by atomic mass is 16.5. The summed E-state index contributed by atoms with van der Waals surface area (Å²) in [5.41, 5.74) is 7.40. The molecule has 1 fully saturated rings. The van der Waals surface area contributed by atoms with Crippen LogP contribution in [0.25, 0.3) is 11.1 Å². The lowest BCUT2D eigenvalue weighted by Gasteiger charge is -2.18. The molecule has 1 aliphatic heterocycles. The van der Waals surface area contributed by atoms with Gasteiger partial charge in [-0.2, -0.15) is 0 Å². The Morgan fingerprint density at radius 1 is 0.387 bits per heavy atom. The minimum Gasteiger partial charge on any atom is -0.381 e. The van der Waals surface area contributed by atoms with Gasteiger partial charge in [0.25, 0.3) is 0 Å². The number of hydrogen-bond donors (Lipinski definition) is 0. The van der Waals surface area contributed by atoms with Crippen molar-refractivity contribution in [2.75, 3.05) is 13.2 Å². The Hall–Kier alpha value is -3.42. The van der Waals surface area contributed by atoms with E-state index >= 15 is 0 Å². The molecule has 0 saturated carbocycles. The molecule has 0 aromatic heterocycles. The molecule has 154 valence electrons. The topological polar surface area (TPSA) is 9.23 Å². The van der Waals surface area contributed by atoms with Crippen molar-refractivity contribution < 1.29 is 4.74 Å². The molecule has 0 unspecified atom stereocenters. The second kappa shape index (κ2) is 11.1. The molecule has 1 heterocycles. The summed E-state index contributed by atoms with van der Waals surface area (Å²) in [5, 5.41) is 0. The van der Waals surface area contributed by atoms with Gasteiger partial charge in [0.2, 0.25) is 0 Å². The highest BCUT2D eigenvalue weighted by Gasteiger charge is 2.15. The van der Waals surface area contributed by atoms with Crippen LogP contribution in [0.3, 0.4) is 0 Å². The van der Waals surface area contributed by atoms with Gasteiger partial charge >= 0.3 is 0 Å². The van der Waals surface area contributed by atoms with E-state index < -0.39 is 0 Å². The SMILES string of the molecule is C1CCOC1.c1ccc(C(=C(c2ccccc2)c2ccccc2)c2ccccc2)cc1. The normalized spacial score (nSPS) is 12.5. The molecule has 0 aliphatic carbocycles. The van der Waals surface area contributed by atoms with E-state index in [2.05, 4.69) is 121 Å². The number of ether oxygens (including phenoxy) is 1. The van der Waals surface area contributed by atoms with Crippen molar-refractivity contribution in [2.24, 2.45) is 0 Å². The van der Waals surface area contributed by atoms with Crippen LogP contribution in [-0.4, -0.2) is 13.2 Å². The smallest absolute Gasteiger partial charge is 0.0466 e. The molecule has 0 radical (unpaired) electrons. The lowest BCUT2D eigenvalue weighted by atomic mass is 9.86. The lowest BCUT2D eigenvalue weighted by molar-refractivity contribution is 0.198. The van der Waals surface area contributed by atoms with Crippen molar-refractivity contribution in [3.63, 3.8) is 0 Å². The van der Waals surface area contributed by atoms with Gasteiger partial charge in [0.1, 0.15) is 0 Å². The number of rotatable bonds is 4. The maximum atomic E-state index is 4.94. The van der Waals surface area contributed by atoms with Gasteiger partial charge in [-0.15, -0.1) is 0 Å². The zero-order valence-electron chi connectivity index (χ0n) is 17.8. The third kappa shape index (κ3) is 5.59. The van der Waals surface area contributed by atoms with E-state index in [0.29, 0.717) is 0 Å². The molecular formula is C30H28O. The average Bonchev–Trinajstić information content (AvgIpc) is 3.45.